The zero-order valence-electron chi connectivity index (χ0n) is 13.1. The second-order valence-electron chi connectivity index (χ2n) is 4.77. The Morgan fingerprint density at radius 1 is 1.21 bits per heavy atom. The Hall–Kier alpha value is -2.87. The summed E-state index contributed by atoms with van der Waals surface area (Å²) >= 11 is 0.934. The van der Waals surface area contributed by atoms with Crippen molar-refractivity contribution >= 4 is 34.1 Å². The highest BCUT2D eigenvalue weighted by molar-refractivity contribution is 7.18. The maximum atomic E-state index is 12.0. The predicted molar refractivity (Wildman–Crippen MR) is 89.5 cm³/mol. The van der Waals surface area contributed by atoms with Crippen molar-refractivity contribution in [1.82, 2.24) is 0 Å². The number of nitrogens with one attached hydrogen (secondary N) is 1. The number of rotatable bonds is 6. The van der Waals surface area contributed by atoms with E-state index in [-0.39, 0.29) is 22.0 Å². The van der Waals surface area contributed by atoms with E-state index in [0.717, 1.165) is 11.3 Å². The Morgan fingerprint density at radius 2 is 1.88 bits per heavy atom. The number of nitrogens with two attached hydrogens (primary N) is 1. The van der Waals surface area contributed by atoms with E-state index in [2.05, 4.69) is 10.1 Å². The average Bonchev–Trinajstić information content (AvgIpc) is 2.89. The van der Waals surface area contributed by atoms with Crippen molar-refractivity contribution in [2.75, 3.05) is 19.0 Å². The number of thiophene rings is 1. The highest BCUT2D eigenvalue weighted by Gasteiger charge is 2.24. The van der Waals surface area contributed by atoms with Crippen LogP contribution in [-0.2, 0) is 9.53 Å². The van der Waals surface area contributed by atoms with E-state index >= 15 is 0 Å². The van der Waals surface area contributed by atoms with Gasteiger partial charge in [0, 0.05) is 0 Å². The Morgan fingerprint density at radius 3 is 2.46 bits per heavy atom. The minimum Gasteiger partial charge on any atom is -0.484 e. The maximum absolute atomic E-state index is 12.0. The van der Waals surface area contributed by atoms with Gasteiger partial charge in [-0.2, -0.15) is 0 Å². The van der Waals surface area contributed by atoms with E-state index in [0.29, 0.717) is 11.3 Å². The van der Waals surface area contributed by atoms with Gasteiger partial charge in [-0.1, -0.05) is 18.2 Å². The van der Waals surface area contributed by atoms with Gasteiger partial charge in [-0.3, -0.25) is 9.59 Å². The monoisotopic (exact) mass is 348 g/mol. The molecule has 7 nitrogen and oxygen atoms in total. The van der Waals surface area contributed by atoms with Crippen molar-refractivity contribution < 1.29 is 23.9 Å². The molecule has 3 N–H and O–H groups in total. The van der Waals surface area contributed by atoms with Crippen LogP contribution in [0.3, 0.4) is 0 Å². The zero-order chi connectivity index (χ0) is 17.7. The third kappa shape index (κ3) is 3.90. The smallest absolute Gasteiger partial charge is 0.348 e. The lowest BCUT2D eigenvalue weighted by Crippen LogP contribution is -2.22. The first kappa shape index (κ1) is 17.5. The summed E-state index contributed by atoms with van der Waals surface area (Å²) in [6.07, 6.45) is 0. The molecular weight excluding hydrogens is 332 g/mol. The van der Waals surface area contributed by atoms with Crippen LogP contribution in [0.5, 0.6) is 5.75 Å². The Labute approximate surface area is 142 Å². The quantitative estimate of drug-likeness (QED) is 0.776. The SMILES string of the molecule is COC(=O)c1sc(NC(=O)COc2ccccc2)c(C(N)=O)c1C. The van der Waals surface area contributed by atoms with Crippen LogP contribution in [-0.4, -0.2) is 31.5 Å². The molecule has 0 saturated heterocycles. The minimum atomic E-state index is -0.738. The van der Waals surface area contributed by atoms with Crippen molar-refractivity contribution in [3.8, 4) is 5.75 Å². The number of ether oxygens (including phenoxy) is 2. The number of hydrogen-bond donors (Lipinski definition) is 2. The highest BCUT2D eigenvalue weighted by atomic mass is 32.1. The summed E-state index contributed by atoms with van der Waals surface area (Å²) in [7, 11) is 1.23. The largest absolute Gasteiger partial charge is 0.484 e. The minimum absolute atomic E-state index is 0.0912. The molecule has 8 heteroatoms. The fourth-order valence-electron chi connectivity index (χ4n) is 2.01. The molecule has 0 bridgehead atoms. The normalized spacial score (nSPS) is 10.1. The molecule has 0 fully saturated rings. The molecule has 0 unspecified atom stereocenters. The second-order valence-corrected chi connectivity index (χ2v) is 5.79. The van der Waals surface area contributed by atoms with Crippen LogP contribution in [0.15, 0.2) is 30.3 Å². The first-order valence-corrected chi connectivity index (χ1v) is 7.75. The first-order chi connectivity index (χ1) is 11.4. The fraction of sp³-hybridized carbons (Fsp3) is 0.188. The number of methoxy groups -OCH3 is 1. The predicted octanol–water partition coefficient (Wildman–Crippen LogP) is 1.96. The molecule has 2 aromatic rings. The number of primary amides is 1. The van der Waals surface area contributed by atoms with Crippen LogP contribution in [0, 0.1) is 6.92 Å². The van der Waals surface area contributed by atoms with Crippen LogP contribution in [0.1, 0.15) is 25.6 Å². The summed E-state index contributed by atoms with van der Waals surface area (Å²) in [4.78, 5) is 35.6. The number of carbonyl (C=O) groups is 3. The van der Waals surface area contributed by atoms with Gasteiger partial charge in [0.1, 0.15) is 15.6 Å². The number of carbonyl (C=O) groups excluding carboxylic acids is 3. The van der Waals surface area contributed by atoms with Crippen molar-refractivity contribution in [2.24, 2.45) is 5.73 Å². The van der Waals surface area contributed by atoms with Crippen molar-refractivity contribution in [1.29, 1.82) is 0 Å². The molecule has 0 aliphatic heterocycles. The molecule has 24 heavy (non-hydrogen) atoms. The molecule has 0 aliphatic rings. The Kier molecular flexibility index (Phi) is 5.54. The average molecular weight is 348 g/mol. The van der Waals surface area contributed by atoms with Crippen LogP contribution in [0.25, 0.3) is 0 Å². The molecule has 126 valence electrons. The highest BCUT2D eigenvalue weighted by Crippen LogP contribution is 2.33. The van der Waals surface area contributed by atoms with Crippen LogP contribution in [0.4, 0.5) is 5.00 Å². The summed E-state index contributed by atoms with van der Waals surface area (Å²) < 4.78 is 9.99. The first-order valence-electron chi connectivity index (χ1n) is 6.93. The van der Waals surface area contributed by atoms with Crippen molar-refractivity contribution in [3.05, 3.63) is 46.3 Å². The van der Waals surface area contributed by atoms with Gasteiger partial charge in [-0.25, -0.2) is 4.79 Å². The maximum Gasteiger partial charge on any atom is 0.348 e. The summed E-state index contributed by atoms with van der Waals surface area (Å²) in [6.45, 7) is 1.33. The molecule has 0 radical (unpaired) electrons. The molecule has 0 saturated carbocycles. The van der Waals surface area contributed by atoms with E-state index in [4.69, 9.17) is 10.5 Å². The molecule has 2 rings (SSSR count). The summed E-state index contributed by atoms with van der Waals surface area (Å²) in [5.74, 6) is -1.27. The van der Waals surface area contributed by atoms with Gasteiger partial charge < -0.3 is 20.5 Å². The fourth-order valence-corrected chi connectivity index (χ4v) is 3.16. The number of esters is 1. The number of benzene rings is 1. The topological polar surface area (TPSA) is 108 Å². The summed E-state index contributed by atoms with van der Waals surface area (Å²) in [5, 5.41) is 2.74. The summed E-state index contributed by atoms with van der Waals surface area (Å²) in [6, 6.07) is 8.82. The van der Waals surface area contributed by atoms with E-state index in [1.54, 1.807) is 31.2 Å². The molecule has 0 spiro atoms. The molecular formula is C16H16N2O5S. The number of para-hydroxylation sites is 1. The lowest BCUT2D eigenvalue weighted by molar-refractivity contribution is -0.118. The molecule has 0 atom stereocenters. The number of anilines is 1. The van der Waals surface area contributed by atoms with E-state index in [1.165, 1.54) is 7.11 Å². The lowest BCUT2D eigenvalue weighted by Gasteiger charge is -2.07. The summed E-state index contributed by atoms with van der Waals surface area (Å²) in [5.41, 5.74) is 5.81. The standard InChI is InChI=1S/C16H16N2O5S/c1-9-12(14(17)20)15(24-13(9)16(21)22-2)18-11(19)8-23-10-6-4-3-5-7-10/h3-7H,8H2,1-2H3,(H2,17,20)(H,18,19). The van der Waals surface area contributed by atoms with Crippen molar-refractivity contribution in [3.63, 3.8) is 0 Å². The van der Waals surface area contributed by atoms with Gasteiger partial charge in [0.2, 0.25) is 0 Å². The van der Waals surface area contributed by atoms with E-state index < -0.39 is 17.8 Å². The van der Waals surface area contributed by atoms with Crippen LogP contribution < -0.4 is 15.8 Å². The number of hydrogen-bond acceptors (Lipinski definition) is 6. The van der Waals surface area contributed by atoms with Crippen LogP contribution >= 0.6 is 11.3 Å². The third-order valence-corrected chi connectivity index (χ3v) is 4.32. The van der Waals surface area contributed by atoms with Gasteiger partial charge in [0.05, 0.1) is 12.7 Å². The van der Waals surface area contributed by atoms with Crippen molar-refractivity contribution in [2.45, 2.75) is 6.92 Å². The molecule has 1 aromatic heterocycles. The molecule has 1 aromatic carbocycles. The Bertz CT molecular complexity index is 770. The van der Waals surface area contributed by atoms with Gasteiger partial charge >= 0.3 is 5.97 Å². The van der Waals surface area contributed by atoms with Gasteiger partial charge in [-0.15, -0.1) is 11.3 Å². The Balaban J connectivity index is 2.14. The van der Waals surface area contributed by atoms with E-state index in [1.807, 2.05) is 6.07 Å². The zero-order valence-corrected chi connectivity index (χ0v) is 13.9. The molecule has 1 heterocycles. The second kappa shape index (κ2) is 7.60. The van der Waals surface area contributed by atoms with Gasteiger partial charge in [0.25, 0.3) is 11.8 Å². The molecule has 0 aliphatic carbocycles. The van der Waals surface area contributed by atoms with Gasteiger partial charge in [0.15, 0.2) is 6.61 Å². The number of amides is 2. The third-order valence-electron chi connectivity index (χ3n) is 3.13. The van der Waals surface area contributed by atoms with Gasteiger partial charge in [-0.05, 0) is 24.6 Å². The molecule has 2 amide bonds. The lowest BCUT2D eigenvalue weighted by atomic mass is 10.1. The van der Waals surface area contributed by atoms with E-state index in [9.17, 15) is 14.4 Å². The van der Waals surface area contributed by atoms with Crippen LogP contribution in [0.2, 0.25) is 0 Å².